The van der Waals surface area contributed by atoms with Gasteiger partial charge in [0.25, 0.3) is 0 Å². The smallest absolute Gasteiger partial charge is 0.138 e. The SMILES string of the molecule is CN(C)CC(C=O)N1CCN(c2ccc(Cl)nc2)CC1. The molecule has 6 heteroatoms. The van der Waals surface area contributed by atoms with E-state index in [1.54, 1.807) is 6.20 Å². The molecule has 20 heavy (non-hydrogen) atoms. The fourth-order valence-corrected chi connectivity index (χ4v) is 2.60. The van der Waals surface area contributed by atoms with Crippen molar-refractivity contribution in [3.63, 3.8) is 0 Å². The third kappa shape index (κ3) is 3.91. The summed E-state index contributed by atoms with van der Waals surface area (Å²) in [7, 11) is 3.98. The molecule has 110 valence electrons. The van der Waals surface area contributed by atoms with Crippen molar-refractivity contribution in [2.45, 2.75) is 6.04 Å². The van der Waals surface area contributed by atoms with E-state index in [4.69, 9.17) is 11.6 Å². The summed E-state index contributed by atoms with van der Waals surface area (Å²) < 4.78 is 0. The molecule has 1 aromatic rings. The molecule has 1 fully saturated rings. The lowest BCUT2D eigenvalue weighted by molar-refractivity contribution is -0.113. The van der Waals surface area contributed by atoms with Crippen molar-refractivity contribution in [1.29, 1.82) is 0 Å². The van der Waals surface area contributed by atoms with E-state index >= 15 is 0 Å². The first-order chi connectivity index (χ1) is 9.60. The van der Waals surface area contributed by atoms with Crippen LogP contribution < -0.4 is 4.90 Å². The summed E-state index contributed by atoms with van der Waals surface area (Å²) in [6.07, 6.45) is 2.86. The van der Waals surface area contributed by atoms with Crippen molar-refractivity contribution < 1.29 is 4.79 Å². The molecule has 0 spiro atoms. The number of hydrogen-bond donors (Lipinski definition) is 0. The number of carbonyl (C=O) groups excluding carboxylic acids is 1. The average Bonchev–Trinajstić information content (AvgIpc) is 2.46. The molecule has 0 N–H and O–H groups in total. The summed E-state index contributed by atoms with van der Waals surface area (Å²) in [6, 6.07) is 3.78. The standard InChI is InChI=1S/C14H21ClN4O/c1-17(2)10-13(11-20)19-7-5-18(6-8-19)12-3-4-14(15)16-9-12/h3-4,9,11,13H,5-8,10H2,1-2H3. The number of piperazine rings is 1. The van der Waals surface area contributed by atoms with Gasteiger partial charge in [-0.1, -0.05) is 11.6 Å². The zero-order valence-corrected chi connectivity index (χ0v) is 12.8. The Morgan fingerprint density at radius 3 is 2.55 bits per heavy atom. The molecular weight excluding hydrogens is 276 g/mol. The maximum absolute atomic E-state index is 11.2. The molecule has 0 radical (unpaired) electrons. The van der Waals surface area contributed by atoms with E-state index < -0.39 is 0 Å². The van der Waals surface area contributed by atoms with Gasteiger partial charge in [0.15, 0.2) is 0 Å². The van der Waals surface area contributed by atoms with E-state index in [2.05, 4.69) is 19.7 Å². The molecular formula is C14H21ClN4O. The summed E-state index contributed by atoms with van der Waals surface area (Å²) in [6.45, 7) is 4.36. The molecule has 1 atom stereocenters. The Labute approximate surface area is 125 Å². The molecule has 2 rings (SSSR count). The first-order valence-corrected chi connectivity index (χ1v) is 7.18. The Morgan fingerprint density at radius 1 is 1.35 bits per heavy atom. The van der Waals surface area contributed by atoms with Gasteiger partial charge in [0.05, 0.1) is 17.9 Å². The maximum Gasteiger partial charge on any atom is 0.138 e. The van der Waals surface area contributed by atoms with E-state index in [1.165, 1.54) is 0 Å². The lowest BCUT2D eigenvalue weighted by Crippen LogP contribution is -2.53. The zero-order valence-electron chi connectivity index (χ0n) is 12.0. The van der Waals surface area contributed by atoms with Gasteiger partial charge in [0.1, 0.15) is 11.4 Å². The number of rotatable bonds is 5. The number of anilines is 1. The van der Waals surface area contributed by atoms with Crippen LogP contribution in [-0.2, 0) is 4.79 Å². The zero-order chi connectivity index (χ0) is 14.5. The van der Waals surface area contributed by atoms with Crippen molar-refractivity contribution in [3.05, 3.63) is 23.5 Å². The summed E-state index contributed by atoms with van der Waals surface area (Å²) in [5.41, 5.74) is 1.09. The van der Waals surface area contributed by atoms with Gasteiger partial charge in [-0.25, -0.2) is 4.98 Å². The van der Waals surface area contributed by atoms with Crippen LogP contribution in [0.2, 0.25) is 5.15 Å². The van der Waals surface area contributed by atoms with Crippen LogP contribution in [0.1, 0.15) is 0 Å². The van der Waals surface area contributed by atoms with Crippen molar-refractivity contribution >= 4 is 23.6 Å². The number of nitrogens with zero attached hydrogens (tertiary/aromatic N) is 4. The molecule has 0 aliphatic carbocycles. The van der Waals surface area contributed by atoms with Gasteiger partial charge >= 0.3 is 0 Å². The van der Waals surface area contributed by atoms with Crippen molar-refractivity contribution in [1.82, 2.24) is 14.8 Å². The highest BCUT2D eigenvalue weighted by Gasteiger charge is 2.24. The minimum Gasteiger partial charge on any atom is -0.368 e. The maximum atomic E-state index is 11.2. The predicted molar refractivity (Wildman–Crippen MR) is 81.4 cm³/mol. The fourth-order valence-electron chi connectivity index (χ4n) is 2.49. The number of halogens is 1. The fraction of sp³-hybridized carbons (Fsp3) is 0.571. The highest BCUT2D eigenvalue weighted by Crippen LogP contribution is 2.17. The molecule has 1 aliphatic heterocycles. The molecule has 1 aliphatic rings. The Balaban J connectivity index is 1.91. The molecule has 0 bridgehead atoms. The first kappa shape index (κ1) is 15.2. The molecule has 0 aromatic carbocycles. The van der Waals surface area contributed by atoms with Crippen molar-refractivity contribution in [2.75, 3.05) is 51.7 Å². The number of pyridine rings is 1. The molecule has 1 unspecified atom stereocenters. The Morgan fingerprint density at radius 2 is 2.05 bits per heavy atom. The van der Waals surface area contributed by atoms with Crippen LogP contribution in [0.3, 0.4) is 0 Å². The van der Waals surface area contributed by atoms with Gasteiger partial charge in [-0.15, -0.1) is 0 Å². The van der Waals surface area contributed by atoms with Crippen LogP contribution in [0, 0.1) is 0 Å². The number of aldehydes is 1. The van der Waals surface area contributed by atoms with Gasteiger partial charge in [0, 0.05) is 32.7 Å². The van der Waals surface area contributed by atoms with Crippen molar-refractivity contribution in [3.8, 4) is 0 Å². The predicted octanol–water partition coefficient (Wildman–Crippen LogP) is 0.986. The van der Waals surface area contributed by atoms with Crippen LogP contribution >= 0.6 is 11.6 Å². The largest absolute Gasteiger partial charge is 0.368 e. The first-order valence-electron chi connectivity index (χ1n) is 6.80. The van der Waals surface area contributed by atoms with E-state index in [0.29, 0.717) is 5.15 Å². The average molecular weight is 297 g/mol. The van der Waals surface area contributed by atoms with Crippen LogP contribution in [-0.4, -0.2) is 73.9 Å². The quantitative estimate of drug-likeness (QED) is 0.598. The number of aromatic nitrogens is 1. The van der Waals surface area contributed by atoms with Gasteiger partial charge in [0.2, 0.25) is 0 Å². The van der Waals surface area contributed by atoms with Gasteiger partial charge < -0.3 is 14.6 Å². The minimum absolute atomic E-state index is 0.0181. The highest BCUT2D eigenvalue weighted by molar-refractivity contribution is 6.29. The minimum atomic E-state index is -0.0181. The molecule has 0 amide bonds. The summed E-state index contributed by atoms with van der Waals surface area (Å²) in [4.78, 5) is 21.9. The molecule has 1 aromatic heterocycles. The summed E-state index contributed by atoms with van der Waals surface area (Å²) in [5, 5.41) is 0.513. The van der Waals surface area contributed by atoms with E-state index in [0.717, 1.165) is 44.7 Å². The third-order valence-corrected chi connectivity index (χ3v) is 3.79. The van der Waals surface area contributed by atoms with Gasteiger partial charge in [-0.2, -0.15) is 0 Å². The second-order valence-corrected chi connectivity index (χ2v) is 5.72. The van der Waals surface area contributed by atoms with Crippen LogP contribution in [0.4, 0.5) is 5.69 Å². The topological polar surface area (TPSA) is 39.7 Å². The van der Waals surface area contributed by atoms with Crippen molar-refractivity contribution in [2.24, 2.45) is 0 Å². The molecule has 5 nitrogen and oxygen atoms in total. The Kier molecular flexibility index (Phi) is 5.34. The lowest BCUT2D eigenvalue weighted by atomic mass is 10.2. The van der Waals surface area contributed by atoms with Gasteiger partial charge in [-0.05, 0) is 26.2 Å². The number of likely N-dealkylation sites (N-methyl/N-ethyl adjacent to an activating group) is 1. The summed E-state index contributed by atoms with van der Waals surface area (Å²) >= 11 is 5.80. The number of hydrogen-bond acceptors (Lipinski definition) is 5. The summed E-state index contributed by atoms with van der Waals surface area (Å²) in [5.74, 6) is 0. The van der Waals surface area contributed by atoms with Crippen LogP contribution in [0.25, 0.3) is 0 Å². The molecule has 0 saturated carbocycles. The molecule has 1 saturated heterocycles. The van der Waals surface area contributed by atoms with Crippen LogP contribution in [0.15, 0.2) is 18.3 Å². The second kappa shape index (κ2) is 7.02. The van der Waals surface area contributed by atoms with E-state index in [-0.39, 0.29) is 6.04 Å². The van der Waals surface area contributed by atoms with Gasteiger partial charge in [-0.3, -0.25) is 4.90 Å². The van der Waals surface area contributed by atoms with Crippen LogP contribution in [0.5, 0.6) is 0 Å². The van der Waals surface area contributed by atoms with E-state index in [9.17, 15) is 4.79 Å². The lowest BCUT2D eigenvalue weighted by Gasteiger charge is -2.39. The van der Waals surface area contributed by atoms with E-state index in [1.807, 2.05) is 26.2 Å². The Bertz CT molecular complexity index is 429. The Hall–Kier alpha value is -1.17. The molecule has 2 heterocycles. The highest BCUT2D eigenvalue weighted by atomic mass is 35.5. The number of carbonyl (C=O) groups is 1. The third-order valence-electron chi connectivity index (χ3n) is 3.57. The second-order valence-electron chi connectivity index (χ2n) is 5.33. The monoisotopic (exact) mass is 296 g/mol. The normalized spacial score (nSPS) is 18.3.